The Morgan fingerprint density at radius 2 is 1.89 bits per heavy atom. The van der Waals surface area contributed by atoms with E-state index < -0.39 is 21.2 Å². The SMILES string of the molecule is C=N/C(=N\C=C(C)C)[C@@H](C)[C@H](C)S(=O)(=O)Nc1nnc([C@H]2CCCCO2)n1-c1c(OC)cccc1OC. The van der Waals surface area contributed by atoms with Gasteiger partial charge < -0.3 is 14.2 Å². The molecule has 0 bridgehead atoms. The number of para-hydroxylation sites is 1. The molecule has 12 heteroatoms. The second kappa shape index (κ2) is 12.3. The molecule has 37 heavy (non-hydrogen) atoms. The largest absolute Gasteiger partial charge is 0.494 e. The fourth-order valence-electron chi connectivity index (χ4n) is 3.98. The topological polar surface area (TPSA) is 129 Å². The van der Waals surface area contributed by atoms with Crippen molar-refractivity contribution >= 4 is 28.5 Å². The molecule has 0 aliphatic carbocycles. The first-order valence-corrected chi connectivity index (χ1v) is 13.7. The molecule has 1 N–H and O–H groups in total. The molecule has 0 saturated carbocycles. The number of hydrogen-bond donors (Lipinski definition) is 1. The Kier molecular flexibility index (Phi) is 9.44. The summed E-state index contributed by atoms with van der Waals surface area (Å²) in [6.45, 7) is 11.3. The second-order valence-electron chi connectivity index (χ2n) is 9.08. The van der Waals surface area contributed by atoms with E-state index in [4.69, 9.17) is 14.2 Å². The van der Waals surface area contributed by atoms with Crippen LogP contribution in [0.25, 0.3) is 5.69 Å². The highest BCUT2D eigenvalue weighted by Gasteiger charge is 2.34. The van der Waals surface area contributed by atoms with E-state index in [1.807, 2.05) is 13.8 Å². The molecule has 3 atom stereocenters. The summed E-state index contributed by atoms with van der Waals surface area (Å²) in [5.41, 5.74) is 1.43. The van der Waals surface area contributed by atoms with E-state index in [0.717, 1.165) is 24.8 Å². The highest BCUT2D eigenvalue weighted by molar-refractivity contribution is 7.93. The Labute approximate surface area is 218 Å². The van der Waals surface area contributed by atoms with Gasteiger partial charge in [-0.1, -0.05) is 18.6 Å². The molecule has 0 radical (unpaired) electrons. The molecule has 0 unspecified atom stereocenters. The van der Waals surface area contributed by atoms with Crippen molar-refractivity contribution in [3.05, 3.63) is 35.8 Å². The molecule has 1 aliphatic heterocycles. The lowest BCUT2D eigenvalue weighted by molar-refractivity contribution is 0.00839. The first-order valence-electron chi connectivity index (χ1n) is 12.1. The number of nitrogens with zero attached hydrogens (tertiary/aromatic N) is 5. The minimum absolute atomic E-state index is 0.000345. The Balaban J connectivity index is 2.09. The van der Waals surface area contributed by atoms with E-state index in [0.29, 0.717) is 35.5 Å². The van der Waals surface area contributed by atoms with Gasteiger partial charge in [-0.15, -0.1) is 10.2 Å². The second-order valence-corrected chi connectivity index (χ2v) is 11.1. The van der Waals surface area contributed by atoms with Gasteiger partial charge in [0, 0.05) is 18.7 Å². The summed E-state index contributed by atoms with van der Waals surface area (Å²) < 4.78 is 48.5. The number of sulfonamides is 1. The van der Waals surface area contributed by atoms with Crippen LogP contribution in [-0.2, 0) is 14.8 Å². The molecule has 1 aromatic carbocycles. The Morgan fingerprint density at radius 3 is 2.43 bits per heavy atom. The first-order chi connectivity index (χ1) is 17.6. The molecule has 2 aromatic rings. The van der Waals surface area contributed by atoms with Crippen LogP contribution in [-0.4, -0.2) is 61.8 Å². The molecule has 0 spiro atoms. The average Bonchev–Trinajstić information content (AvgIpc) is 3.30. The molecule has 1 saturated heterocycles. The van der Waals surface area contributed by atoms with Crippen LogP contribution >= 0.6 is 0 Å². The maximum atomic E-state index is 13.6. The highest BCUT2D eigenvalue weighted by Crippen LogP contribution is 2.38. The Morgan fingerprint density at radius 1 is 1.22 bits per heavy atom. The number of methoxy groups -OCH3 is 2. The summed E-state index contributed by atoms with van der Waals surface area (Å²) in [5.74, 6) is 1.15. The van der Waals surface area contributed by atoms with E-state index in [9.17, 15) is 8.42 Å². The van der Waals surface area contributed by atoms with Gasteiger partial charge in [0.05, 0.1) is 19.5 Å². The van der Waals surface area contributed by atoms with Gasteiger partial charge in [0.2, 0.25) is 16.0 Å². The van der Waals surface area contributed by atoms with Crippen LogP contribution in [0.3, 0.4) is 0 Å². The third-order valence-corrected chi connectivity index (χ3v) is 8.09. The van der Waals surface area contributed by atoms with Crippen molar-refractivity contribution in [2.75, 3.05) is 25.5 Å². The van der Waals surface area contributed by atoms with Gasteiger partial charge in [-0.25, -0.2) is 18.4 Å². The van der Waals surface area contributed by atoms with E-state index in [1.165, 1.54) is 14.2 Å². The number of nitrogens with one attached hydrogen (secondary N) is 1. The average molecular weight is 533 g/mol. The van der Waals surface area contributed by atoms with Crippen LogP contribution in [0.1, 0.15) is 58.9 Å². The predicted molar refractivity (Wildman–Crippen MR) is 145 cm³/mol. The van der Waals surface area contributed by atoms with Crippen LogP contribution < -0.4 is 14.2 Å². The summed E-state index contributed by atoms with van der Waals surface area (Å²) in [6.07, 6.45) is 3.90. The minimum atomic E-state index is -3.98. The zero-order valence-electron chi connectivity index (χ0n) is 22.3. The maximum absolute atomic E-state index is 13.6. The number of rotatable bonds is 10. The number of benzene rings is 1. The number of allylic oxidation sites excluding steroid dienone is 1. The molecule has 202 valence electrons. The third-order valence-electron chi connectivity index (χ3n) is 6.23. The molecule has 3 rings (SSSR count). The van der Waals surface area contributed by atoms with Crippen molar-refractivity contribution < 1.29 is 22.6 Å². The van der Waals surface area contributed by atoms with Crippen LogP contribution in [0, 0.1) is 5.92 Å². The van der Waals surface area contributed by atoms with Crippen LogP contribution in [0.5, 0.6) is 11.5 Å². The Hall–Kier alpha value is -3.25. The maximum Gasteiger partial charge on any atom is 0.243 e. The lowest BCUT2D eigenvalue weighted by atomic mass is 10.1. The van der Waals surface area contributed by atoms with Crippen LogP contribution in [0.15, 0.2) is 40.0 Å². The summed E-state index contributed by atoms with van der Waals surface area (Å²) in [7, 11) is -0.918. The van der Waals surface area contributed by atoms with Gasteiger partial charge in [-0.05, 0) is 58.9 Å². The summed E-state index contributed by atoms with van der Waals surface area (Å²) in [6, 6.07) is 5.30. The van der Waals surface area contributed by atoms with Gasteiger partial charge >= 0.3 is 0 Å². The minimum Gasteiger partial charge on any atom is -0.494 e. The van der Waals surface area contributed by atoms with Crippen molar-refractivity contribution in [1.29, 1.82) is 0 Å². The molecular formula is C25H36N6O5S. The lowest BCUT2D eigenvalue weighted by Gasteiger charge is -2.25. The van der Waals surface area contributed by atoms with Gasteiger partial charge in [-0.3, -0.25) is 9.29 Å². The third kappa shape index (κ3) is 6.37. The first kappa shape index (κ1) is 28.3. The van der Waals surface area contributed by atoms with Gasteiger partial charge in [-0.2, -0.15) is 0 Å². The van der Waals surface area contributed by atoms with Crippen molar-refractivity contribution in [2.24, 2.45) is 15.9 Å². The number of aromatic nitrogens is 3. The number of ether oxygens (including phenoxy) is 3. The van der Waals surface area contributed by atoms with Crippen molar-refractivity contribution in [2.45, 2.75) is 58.3 Å². The zero-order valence-corrected chi connectivity index (χ0v) is 23.1. The van der Waals surface area contributed by atoms with Crippen molar-refractivity contribution in [3.8, 4) is 17.2 Å². The quantitative estimate of drug-likeness (QED) is 0.356. The number of anilines is 1. The highest BCUT2D eigenvalue weighted by atomic mass is 32.2. The fourth-order valence-corrected chi connectivity index (χ4v) is 5.22. The van der Waals surface area contributed by atoms with E-state index >= 15 is 0 Å². The smallest absolute Gasteiger partial charge is 0.243 e. The monoisotopic (exact) mass is 532 g/mol. The summed E-state index contributed by atoms with van der Waals surface area (Å²) in [4.78, 5) is 8.27. The summed E-state index contributed by atoms with van der Waals surface area (Å²) >= 11 is 0. The van der Waals surface area contributed by atoms with Gasteiger partial charge in [0.25, 0.3) is 0 Å². The van der Waals surface area contributed by atoms with Gasteiger partial charge in [0.15, 0.2) is 5.82 Å². The number of amidine groups is 1. The van der Waals surface area contributed by atoms with Crippen molar-refractivity contribution in [1.82, 2.24) is 14.8 Å². The van der Waals surface area contributed by atoms with E-state index in [1.54, 1.807) is 42.8 Å². The molecule has 1 aromatic heterocycles. The van der Waals surface area contributed by atoms with Crippen LogP contribution in [0.4, 0.5) is 5.95 Å². The normalized spacial score (nSPS) is 18.0. The van der Waals surface area contributed by atoms with E-state index in [-0.39, 0.29) is 12.1 Å². The van der Waals surface area contributed by atoms with Crippen LogP contribution in [0.2, 0.25) is 0 Å². The molecule has 11 nitrogen and oxygen atoms in total. The lowest BCUT2D eigenvalue weighted by Crippen LogP contribution is -2.35. The molecule has 1 aliphatic rings. The zero-order chi connectivity index (χ0) is 27.2. The fraction of sp³-hybridized carbons (Fsp3) is 0.520. The molecular weight excluding hydrogens is 496 g/mol. The predicted octanol–water partition coefficient (Wildman–Crippen LogP) is 4.32. The molecule has 2 heterocycles. The van der Waals surface area contributed by atoms with Gasteiger partial charge in [0.1, 0.15) is 29.1 Å². The molecule has 1 fully saturated rings. The Bertz CT molecular complexity index is 1240. The molecule has 0 amide bonds. The summed E-state index contributed by atoms with van der Waals surface area (Å²) in [5, 5.41) is 7.66. The number of hydrogen-bond acceptors (Lipinski definition) is 8. The standard InChI is InChI=1S/C25H36N6O5S/c1-16(2)15-27-23(26-5)17(3)18(4)37(32,33)30-25-29-28-24(21-11-8-9-14-36-21)31(25)22-19(34-6)12-10-13-20(22)35-7/h10,12-13,15,17-18,21H,5,8-9,11,14H2,1-4,6-7H3,(H,29,30)/b27-23-/t17-,18-,21+/m0/s1. The van der Waals surface area contributed by atoms with E-state index in [2.05, 4.69) is 31.6 Å². The number of aliphatic imine (C=N–C) groups is 2. The van der Waals surface area contributed by atoms with Crippen molar-refractivity contribution in [3.63, 3.8) is 0 Å².